The van der Waals surface area contributed by atoms with E-state index in [0.29, 0.717) is 17.3 Å². The third-order valence-electron chi connectivity index (χ3n) is 2.86. The SMILES string of the molecule is CCCN(CCNS(=O)(=O)c1ccc(CC)s1)C(C)=O. The van der Waals surface area contributed by atoms with Crippen molar-refractivity contribution in [1.82, 2.24) is 9.62 Å². The van der Waals surface area contributed by atoms with Gasteiger partial charge in [0.05, 0.1) is 0 Å². The Balaban J connectivity index is 2.57. The number of rotatable bonds is 8. The molecule has 1 rings (SSSR count). The highest BCUT2D eigenvalue weighted by molar-refractivity contribution is 7.91. The van der Waals surface area contributed by atoms with Crippen LogP contribution in [0.25, 0.3) is 0 Å². The van der Waals surface area contributed by atoms with Crippen LogP contribution >= 0.6 is 11.3 Å². The van der Waals surface area contributed by atoms with Gasteiger partial charge in [-0.15, -0.1) is 11.3 Å². The predicted octanol–water partition coefficient (Wildman–Crippen LogP) is 1.85. The number of carbonyl (C=O) groups is 1. The van der Waals surface area contributed by atoms with Gasteiger partial charge < -0.3 is 4.90 Å². The molecule has 0 spiro atoms. The Morgan fingerprint density at radius 1 is 1.30 bits per heavy atom. The molecule has 1 aromatic heterocycles. The summed E-state index contributed by atoms with van der Waals surface area (Å²) in [6.45, 7) is 6.76. The summed E-state index contributed by atoms with van der Waals surface area (Å²) in [6.07, 6.45) is 1.69. The van der Waals surface area contributed by atoms with Gasteiger partial charge >= 0.3 is 0 Å². The topological polar surface area (TPSA) is 66.5 Å². The van der Waals surface area contributed by atoms with Crippen molar-refractivity contribution in [2.75, 3.05) is 19.6 Å². The van der Waals surface area contributed by atoms with Gasteiger partial charge in [-0.1, -0.05) is 13.8 Å². The molecule has 0 saturated carbocycles. The minimum atomic E-state index is -3.46. The Bertz CT molecular complexity index is 538. The molecule has 0 aliphatic heterocycles. The molecule has 0 radical (unpaired) electrons. The lowest BCUT2D eigenvalue weighted by Crippen LogP contribution is -2.37. The number of hydrogen-bond acceptors (Lipinski definition) is 4. The Hall–Kier alpha value is -0.920. The van der Waals surface area contributed by atoms with Crippen molar-refractivity contribution < 1.29 is 13.2 Å². The zero-order valence-electron chi connectivity index (χ0n) is 12.2. The van der Waals surface area contributed by atoms with Crippen LogP contribution in [0.4, 0.5) is 0 Å². The van der Waals surface area contributed by atoms with Crippen molar-refractivity contribution in [1.29, 1.82) is 0 Å². The summed E-state index contributed by atoms with van der Waals surface area (Å²) in [6, 6.07) is 3.46. The second kappa shape index (κ2) is 7.75. The van der Waals surface area contributed by atoms with Gasteiger partial charge in [-0.25, -0.2) is 13.1 Å². The average Bonchev–Trinajstić information content (AvgIpc) is 2.87. The molecular formula is C13H22N2O3S2. The van der Waals surface area contributed by atoms with Gasteiger partial charge in [-0.05, 0) is 25.0 Å². The van der Waals surface area contributed by atoms with Crippen molar-refractivity contribution in [3.8, 4) is 0 Å². The third-order valence-corrected chi connectivity index (χ3v) is 6.05. The molecule has 1 amide bonds. The van der Waals surface area contributed by atoms with Gasteiger partial charge in [0.1, 0.15) is 4.21 Å². The standard InChI is InChI=1S/C13H22N2O3S2/c1-4-9-15(11(3)16)10-8-14-20(17,18)13-7-6-12(5-2)19-13/h6-7,14H,4-5,8-10H2,1-3H3. The number of amides is 1. The molecule has 114 valence electrons. The maximum absolute atomic E-state index is 12.1. The van der Waals surface area contributed by atoms with Gasteiger partial charge in [0.2, 0.25) is 15.9 Å². The largest absolute Gasteiger partial charge is 0.342 e. The molecule has 0 atom stereocenters. The molecule has 0 bridgehead atoms. The molecule has 0 unspecified atom stereocenters. The first kappa shape index (κ1) is 17.1. The fourth-order valence-electron chi connectivity index (χ4n) is 1.78. The highest BCUT2D eigenvalue weighted by Gasteiger charge is 2.17. The lowest BCUT2D eigenvalue weighted by molar-refractivity contribution is -0.128. The summed E-state index contributed by atoms with van der Waals surface area (Å²) < 4.78 is 27.0. The molecule has 0 fully saturated rings. The number of hydrogen-bond donors (Lipinski definition) is 1. The van der Waals surface area contributed by atoms with Crippen molar-refractivity contribution in [3.05, 3.63) is 17.0 Å². The number of carbonyl (C=O) groups excluding carboxylic acids is 1. The van der Waals surface area contributed by atoms with Crippen molar-refractivity contribution in [2.45, 2.75) is 37.8 Å². The van der Waals surface area contributed by atoms with E-state index < -0.39 is 10.0 Å². The number of aryl methyl sites for hydroxylation is 1. The number of thiophene rings is 1. The number of nitrogens with zero attached hydrogens (tertiary/aromatic N) is 1. The van der Waals surface area contributed by atoms with Crippen LogP contribution in [0.15, 0.2) is 16.3 Å². The lowest BCUT2D eigenvalue weighted by Gasteiger charge is -2.20. The van der Waals surface area contributed by atoms with Crippen LogP contribution in [-0.2, 0) is 21.2 Å². The number of nitrogens with one attached hydrogen (secondary N) is 1. The van der Waals surface area contributed by atoms with Crippen LogP contribution in [0.3, 0.4) is 0 Å². The zero-order chi connectivity index (χ0) is 15.2. The van der Waals surface area contributed by atoms with E-state index in [0.717, 1.165) is 17.7 Å². The number of sulfonamides is 1. The Kier molecular flexibility index (Phi) is 6.64. The van der Waals surface area contributed by atoms with Gasteiger partial charge in [0.15, 0.2) is 0 Å². The van der Waals surface area contributed by atoms with Gasteiger partial charge in [-0.3, -0.25) is 4.79 Å². The molecule has 1 heterocycles. The molecule has 0 aromatic carbocycles. The molecule has 0 aliphatic carbocycles. The Morgan fingerprint density at radius 3 is 2.50 bits per heavy atom. The maximum atomic E-state index is 12.1. The fourth-order valence-corrected chi connectivity index (χ4v) is 4.14. The lowest BCUT2D eigenvalue weighted by atomic mass is 10.4. The van der Waals surface area contributed by atoms with E-state index >= 15 is 0 Å². The fraction of sp³-hybridized carbons (Fsp3) is 0.615. The highest BCUT2D eigenvalue weighted by Crippen LogP contribution is 2.21. The van der Waals surface area contributed by atoms with Crippen LogP contribution in [0.1, 0.15) is 32.1 Å². The van der Waals surface area contributed by atoms with Crippen LogP contribution in [0.2, 0.25) is 0 Å². The molecule has 0 saturated heterocycles. The summed E-state index contributed by atoms with van der Waals surface area (Å²) in [5, 5.41) is 0. The molecule has 7 heteroatoms. The maximum Gasteiger partial charge on any atom is 0.250 e. The molecule has 20 heavy (non-hydrogen) atoms. The van der Waals surface area contributed by atoms with E-state index in [1.807, 2.05) is 19.9 Å². The normalized spacial score (nSPS) is 11.6. The third kappa shape index (κ3) is 4.88. The first-order chi connectivity index (χ1) is 9.40. The zero-order valence-corrected chi connectivity index (χ0v) is 13.8. The summed E-state index contributed by atoms with van der Waals surface area (Å²) >= 11 is 1.28. The summed E-state index contributed by atoms with van der Waals surface area (Å²) in [7, 11) is -3.46. The molecule has 0 aliphatic rings. The predicted molar refractivity (Wildman–Crippen MR) is 81.4 cm³/mol. The van der Waals surface area contributed by atoms with Crippen LogP contribution in [0.5, 0.6) is 0 Å². The van der Waals surface area contributed by atoms with Gasteiger partial charge in [0, 0.05) is 31.4 Å². The molecular weight excluding hydrogens is 296 g/mol. The molecule has 1 N–H and O–H groups in total. The van der Waals surface area contributed by atoms with E-state index in [1.165, 1.54) is 18.3 Å². The summed E-state index contributed by atoms with van der Waals surface area (Å²) in [4.78, 5) is 14.0. The Labute approximate surface area is 125 Å². The second-order valence-electron chi connectivity index (χ2n) is 4.48. The van der Waals surface area contributed by atoms with Crippen LogP contribution in [-0.4, -0.2) is 38.9 Å². The van der Waals surface area contributed by atoms with Gasteiger partial charge in [-0.2, -0.15) is 0 Å². The van der Waals surface area contributed by atoms with Crippen molar-refractivity contribution >= 4 is 27.3 Å². The van der Waals surface area contributed by atoms with Crippen molar-refractivity contribution in [2.24, 2.45) is 0 Å². The minimum Gasteiger partial charge on any atom is -0.342 e. The molecule has 1 aromatic rings. The molecule has 5 nitrogen and oxygen atoms in total. The monoisotopic (exact) mass is 318 g/mol. The Morgan fingerprint density at radius 2 is 2.00 bits per heavy atom. The van der Waals surface area contributed by atoms with Gasteiger partial charge in [0.25, 0.3) is 0 Å². The smallest absolute Gasteiger partial charge is 0.250 e. The van der Waals surface area contributed by atoms with E-state index in [9.17, 15) is 13.2 Å². The highest BCUT2D eigenvalue weighted by atomic mass is 32.2. The van der Waals surface area contributed by atoms with E-state index in [-0.39, 0.29) is 12.5 Å². The average molecular weight is 318 g/mol. The first-order valence-electron chi connectivity index (χ1n) is 6.74. The van der Waals surface area contributed by atoms with Crippen molar-refractivity contribution in [3.63, 3.8) is 0 Å². The van der Waals surface area contributed by atoms with Crippen LogP contribution in [0, 0.1) is 0 Å². The van der Waals surface area contributed by atoms with E-state index in [4.69, 9.17) is 0 Å². The van der Waals surface area contributed by atoms with Crippen LogP contribution < -0.4 is 4.72 Å². The first-order valence-corrected chi connectivity index (χ1v) is 9.04. The van der Waals surface area contributed by atoms with E-state index in [1.54, 1.807) is 11.0 Å². The quantitative estimate of drug-likeness (QED) is 0.795. The summed E-state index contributed by atoms with van der Waals surface area (Å²) in [5.41, 5.74) is 0. The minimum absolute atomic E-state index is 0.0320. The summed E-state index contributed by atoms with van der Waals surface area (Å²) in [5.74, 6) is -0.0320. The second-order valence-corrected chi connectivity index (χ2v) is 7.64. The van der Waals surface area contributed by atoms with E-state index in [2.05, 4.69) is 4.72 Å².